The summed E-state index contributed by atoms with van der Waals surface area (Å²) in [5.41, 5.74) is 2.25. The van der Waals surface area contributed by atoms with Crippen molar-refractivity contribution in [3.8, 4) is 0 Å². The first-order valence-corrected chi connectivity index (χ1v) is 7.24. The molecular formula is C12H17NO2S. The standard InChI is InChI=1S/C12H17NO2S/c1-9-3-5-11(6-4-9)12-10(2)16(14,15)8-7-13-12/h3-6,10,12-13H,7-8H2,1-2H3. The number of hydrogen-bond acceptors (Lipinski definition) is 3. The average molecular weight is 239 g/mol. The maximum absolute atomic E-state index is 11.8. The molecule has 1 heterocycles. The van der Waals surface area contributed by atoms with Crippen LogP contribution in [-0.4, -0.2) is 26.0 Å². The SMILES string of the molecule is Cc1ccc(C2NCCS(=O)(=O)C2C)cc1. The highest BCUT2D eigenvalue weighted by atomic mass is 32.2. The Morgan fingerprint density at radius 3 is 2.50 bits per heavy atom. The number of aryl methyl sites for hydroxylation is 1. The zero-order valence-electron chi connectivity index (χ0n) is 9.60. The third-order valence-electron chi connectivity index (χ3n) is 3.22. The Hall–Kier alpha value is -0.870. The first-order valence-electron chi connectivity index (χ1n) is 5.52. The summed E-state index contributed by atoms with van der Waals surface area (Å²) in [6, 6.07) is 7.98. The van der Waals surface area contributed by atoms with E-state index in [1.807, 2.05) is 31.2 Å². The zero-order valence-corrected chi connectivity index (χ0v) is 10.4. The van der Waals surface area contributed by atoms with Crippen LogP contribution in [0.25, 0.3) is 0 Å². The highest BCUT2D eigenvalue weighted by molar-refractivity contribution is 7.92. The van der Waals surface area contributed by atoms with Crippen LogP contribution in [0.2, 0.25) is 0 Å². The fourth-order valence-corrected chi connectivity index (χ4v) is 3.52. The van der Waals surface area contributed by atoms with Crippen LogP contribution in [0.3, 0.4) is 0 Å². The van der Waals surface area contributed by atoms with E-state index in [0.717, 1.165) is 5.56 Å². The molecule has 16 heavy (non-hydrogen) atoms. The molecule has 1 aromatic carbocycles. The number of hydrogen-bond donors (Lipinski definition) is 1. The molecule has 0 spiro atoms. The lowest BCUT2D eigenvalue weighted by molar-refractivity contribution is 0.483. The van der Waals surface area contributed by atoms with Crippen LogP contribution >= 0.6 is 0 Å². The second kappa shape index (κ2) is 4.18. The van der Waals surface area contributed by atoms with Gasteiger partial charge in [0, 0.05) is 12.6 Å². The predicted molar refractivity (Wildman–Crippen MR) is 65.2 cm³/mol. The zero-order chi connectivity index (χ0) is 11.8. The largest absolute Gasteiger partial charge is 0.308 e. The Bertz CT molecular complexity index is 464. The molecular weight excluding hydrogens is 222 g/mol. The van der Waals surface area contributed by atoms with Gasteiger partial charge in [-0.2, -0.15) is 0 Å². The highest BCUT2D eigenvalue weighted by Gasteiger charge is 2.33. The van der Waals surface area contributed by atoms with Crippen LogP contribution in [0.1, 0.15) is 24.1 Å². The van der Waals surface area contributed by atoms with Crippen molar-refractivity contribution in [2.45, 2.75) is 25.1 Å². The minimum Gasteiger partial charge on any atom is -0.308 e. The topological polar surface area (TPSA) is 46.2 Å². The smallest absolute Gasteiger partial charge is 0.156 e. The van der Waals surface area contributed by atoms with E-state index in [1.165, 1.54) is 5.56 Å². The van der Waals surface area contributed by atoms with Gasteiger partial charge in [-0.15, -0.1) is 0 Å². The summed E-state index contributed by atoms with van der Waals surface area (Å²) in [4.78, 5) is 0. The third-order valence-corrected chi connectivity index (χ3v) is 5.40. The summed E-state index contributed by atoms with van der Waals surface area (Å²) in [5, 5.41) is 2.94. The van der Waals surface area contributed by atoms with Crippen molar-refractivity contribution in [1.82, 2.24) is 5.32 Å². The van der Waals surface area contributed by atoms with Gasteiger partial charge in [-0.3, -0.25) is 0 Å². The third kappa shape index (κ3) is 2.13. The molecule has 0 bridgehead atoms. The van der Waals surface area contributed by atoms with Gasteiger partial charge in [0.2, 0.25) is 0 Å². The molecule has 1 saturated heterocycles. The lowest BCUT2D eigenvalue weighted by Crippen LogP contribution is -2.45. The van der Waals surface area contributed by atoms with E-state index in [2.05, 4.69) is 5.32 Å². The molecule has 0 radical (unpaired) electrons. The summed E-state index contributed by atoms with van der Waals surface area (Å²) >= 11 is 0. The summed E-state index contributed by atoms with van der Waals surface area (Å²) in [6.45, 7) is 4.36. The van der Waals surface area contributed by atoms with Gasteiger partial charge >= 0.3 is 0 Å². The maximum Gasteiger partial charge on any atom is 0.156 e. The molecule has 1 N–H and O–H groups in total. The fourth-order valence-electron chi connectivity index (χ4n) is 2.08. The fraction of sp³-hybridized carbons (Fsp3) is 0.500. The van der Waals surface area contributed by atoms with Crippen molar-refractivity contribution in [3.05, 3.63) is 35.4 Å². The van der Waals surface area contributed by atoms with Crippen molar-refractivity contribution in [3.63, 3.8) is 0 Å². The maximum atomic E-state index is 11.8. The molecule has 0 aliphatic carbocycles. The van der Waals surface area contributed by atoms with E-state index in [4.69, 9.17) is 0 Å². The minimum atomic E-state index is -2.93. The Balaban J connectivity index is 2.30. The summed E-state index contributed by atoms with van der Waals surface area (Å²) < 4.78 is 23.6. The first-order chi connectivity index (χ1) is 7.50. The summed E-state index contributed by atoms with van der Waals surface area (Å²) in [6.07, 6.45) is 0. The van der Waals surface area contributed by atoms with Gasteiger partial charge < -0.3 is 5.32 Å². The number of nitrogens with one attached hydrogen (secondary N) is 1. The van der Waals surface area contributed by atoms with Crippen LogP contribution in [0, 0.1) is 6.92 Å². The lowest BCUT2D eigenvalue weighted by Gasteiger charge is -2.30. The van der Waals surface area contributed by atoms with E-state index in [-0.39, 0.29) is 17.0 Å². The Labute approximate surface area is 96.8 Å². The van der Waals surface area contributed by atoms with Crippen LogP contribution < -0.4 is 5.32 Å². The molecule has 1 aliphatic heterocycles. The van der Waals surface area contributed by atoms with E-state index < -0.39 is 9.84 Å². The van der Waals surface area contributed by atoms with Gasteiger partial charge in [-0.05, 0) is 19.4 Å². The molecule has 1 fully saturated rings. The molecule has 1 aromatic rings. The van der Waals surface area contributed by atoms with Crippen molar-refractivity contribution in [2.75, 3.05) is 12.3 Å². The molecule has 88 valence electrons. The van der Waals surface area contributed by atoms with Crippen LogP contribution in [-0.2, 0) is 9.84 Å². The highest BCUT2D eigenvalue weighted by Crippen LogP contribution is 2.25. The Kier molecular flexibility index (Phi) is 3.04. The van der Waals surface area contributed by atoms with E-state index >= 15 is 0 Å². The Morgan fingerprint density at radius 1 is 1.25 bits per heavy atom. The normalized spacial score (nSPS) is 28.9. The molecule has 2 atom stereocenters. The van der Waals surface area contributed by atoms with Crippen LogP contribution in [0.4, 0.5) is 0 Å². The van der Waals surface area contributed by atoms with E-state index in [1.54, 1.807) is 6.92 Å². The summed E-state index contributed by atoms with van der Waals surface area (Å²) in [7, 11) is -2.93. The molecule has 0 amide bonds. The van der Waals surface area contributed by atoms with Crippen molar-refractivity contribution < 1.29 is 8.42 Å². The minimum absolute atomic E-state index is 0.0700. The summed E-state index contributed by atoms with van der Waals surface area (Å²) in [5.74, 6) is 0.247. The van der Waals surface area contributed by atoms with E-state index in [0.29, 0.717) is 6.54 Å². The van der Waals surface area contributed by atoms with Crippen molar-refractivity contribution >= 4 is 9.84 Å². The molecule has 1 aliphatic rings. The number of sulfone groups is 1. The first kappa shape index (κ1) is 11.6. The predicted octanol–water partition coefficient (Wildman–Crippen LogP) is 1.44. The van der Waals surface area contributed by atoms with Gasteiger partial charge in [-0.1, -0.05) is 29.8 Å². The lowest BCUT2D eigenvalue weighted by atomic mass is 10.0. The second-order valence-corrected chi connectivity index (χ2v) is 6.89. The monoisotopic (exact) mass is 239 g/mol. The number of rotatable bonds is 1. The van der Waals surface area contributed by atoms with Crippen LogP contribution in [0.5, 0.6) is 0 Å². The second-order valence-electron chi connectivity index (χ2n) is 4.41. The molecule has 3 nitrogen and oxygen atoms in total. The van der Waals surface area contributed by atoms with Gasteiger partial charge in [0.15, 0.2) is 9.84 Å². The van der Waals surface area contributed by atoms with Crippen molar-refractivity contribution in [1.29, 1.82) is 0 Å². The number of benzene rings is 1. The van der Waals surface area contributed by atoms with Gasteiger partial charge in [-0.25, -0.2) is 8.42 Å². The Morgan fingerprint density at radius 2 is 1.88 bits per heavy atom. The average Bonchev–Trinajstić information content (AvgIpc) is 2.24. The molecule has 2 rings (SSSR count). The molecule has 0 saturated carbocycles. The van der Waals surface area contributed by atoms with E-state index in [9.17, 15) is 8.42 Å². The van der Waals surface area contributed by atoms with Gasteiger partial charge in [0.1, 0.15) is 0 Å². The molecule has 4 heteroatoms. The molecule has 0 aromatic heterocycles. The van der Waals surface area contributed by atoms with Crippen molar-refractivity contribution in [2.24, 2.45) is 0 Å². The molecule has 2 unspecified atom stereocenters. The van der Waals surface area contributed by atoms with Gasteiger partial charge in [0.05, 0.1) is 11.0 Å². The quantitative estimate of drug-likeness (QED) is 0.806. The van der Waals surface area contributed by atoms with Crippen LogP contribution in [0.15, 0.2) is 24.3 Å². The van der Waals surface area contributed by atoms with Gasteiger partial charge in [0.25, 0.3) is 0 Å².